The summed E-state index contributed by atoms with van der Waals surface area (Å²) in [7, 11) is 0. The minimum atomic E-state index is 0.426. The molecule has 0 radical (unpaired) electrons. The fourth-order valence-corrected chi connectivity index (χ4v) is 3.61. The van der Waals surface area contributed by atoms with Gasteiger partial charge in [0, 0.05) is 30.5 Å². The topological polar surface area (TPSA) is 69.2 Å². The van der Waals surface area contributed by atoms with Gasteiger partial charge in [-0.25, -0.2) is 4.98 Å². The van der Waals surface area contributed by atoms with Gasteiger partial charge in [0.25, 0.3) is 0 Å². The molecule has 0 aliphatic carbocycles. The Bertz CT molecular complexity index is 844. The van der Waals surface area contributed by atoms with Gasteiger partial charge in [-0.15, -0.1) is 0 Å². The van der Waals surface area contributed by atoms with E-state index in [2.05, 4.69) is 31.5 Å². The van der Waals surface area contributed by atoms with Crippen molar-refractivity contribution in [1.82, 2.24) is 24.6 Å². The largest absolute Gasteiger partial charge is 0.494 e. The number of nitrogens with zero attached hydrogens (tertiary/aromatic N) is 5. The molecule has 0 N–H and O–H groups in total. The van der Waals surface area contributed by atoms with Crippen LogP contribution >= 0.6 is 0 Å². The summed E-state index contributed by atoms with van der Waals surface area (Å²) < 4.78 is 13.2. The highest BCUT2D eigenvalue weighted by molar-refractivity contribution is 5.55. The molecule has 3 heterocycles. The van der Waals surface area contributed by atoms with Crippen molar-refractivity contribution in [3.63, 3.8) is 0 Å². The Balaban J connectivity index is 1.41. The quantitative estimate of drug-likeness (QED) is 0.665. The maximum absolute atomic E-state index is 5.50. The fourth-order valence-electron chi connectivity index (χ4n) is 3.61. The van der Waals surface area contributed by atoms with Crippen LogP contribution in [0.4, 0.5) is 0 Å². The second kappa shape index (κ2) is 7.92. The van der Waals surface area contributed by atoms with Crippen LogP contribution in [-0.2, 0) is 6.54 Å². The molecule has 27 heavy (non-hydrogen) atoms. The van der Waals surface area contributed by atoms with Crippen molar-refractivity contribution in [3.8, 4) is 17.1 Å². The number of aromatic nitrogens is 4. The average Bonchev–Trinajstić information content (AvgIpc) is 3.36. The lowest BCUT2D eigenvalue weighted by Gasteiger charge is -2.36. The van der Waals surface area contributed by atoms with E-state index in [4.69, 9.17) is 9.26 Å². The number of likely N-dealkylation sites (tertiary alicyclic amines) is 1. The molecular formula is C20H25N5O2. The van der Waals surface area contributed by atoms with Crippen molar-refractivity contribution in [2.45, 2.75) is 32.9 Å². The van der Waals surface area contributed by atoms with Crippen LogP contribution in [0.1, 0.15) is 32.2 Å². The lowest BCUT2D eigenvalue weighted by molar-refractivity contribution is 0.114. The maximum atomic E-state index is 5.50. The zero-order valence-electron chi connectivity index (χ0n) is 15.8. The van der Waals surface area contributed by atoms with Gasteiger partial charge in [-0.2, -0.15) is 4.98 Å². The first-order valence-electron chi connectivity index (χ1n) is 9.48. The number of rotatable bonds is 6. The second-order valence-corrected chi connectivity index (χ2v) is 7.05. The zero-order chi connectivity index (χ0) is 18.6. The molecular weight excluding hydrogens is 342 g/mol. The van der Waals surface area contributed by atoms with Crippen molar-refractivity contribution in [3.05, 3.63) is 48.9 Å². The molecule has 1 aliphatic heterocycles. The Morgan fingerprint density at radius 1 is 1.26 bits per heavy atom. The molecule has 0 bridgehead atoms. The fraction of sp³-hybridized carbons (Fsp3) is 0.450. The summed E-state index contributed by atoms with van der Waals surface area (Å²) in [6.07, 6.45) is 6.93. The van der Waals surface area contributed by atoms with Crippen LogP contribution in [-0.4, -0.2) is 44.3 Å². The monoisotopic (exact) mass is 367 g/mol. The van der Waals surface area contributed by atoms with Crippen molar-refractivity contribution in [1.29, 1.82) is 0 Å². The van der Waals surface area contributed by atoms with E-state index in [1.165, 1.54) is 0 Å². The van der Waals surface area contributed by atoms with E-state index in [0.29, 0.717) is 36.8 Å². The highest BCUT2D eigenvalue weighted by Gasteiger charge is 2.28. The van der Waals surface area contributed by atoms with E-state index in [1.807, 2.05) is 49.9 Å². The maximum Gasteiger partial charge on any atom is 0.241 e. The van der Waals surface area contributed by atoms with Crippen LogP contribution in [0.25, 0.3) is 11.4 Å². The van der Waals surface area contributed by atoms with Gasteiger partial charge in [0.1, 0.15) is 5.75 Å². The summed E-state index contributed by atoms with van der Waals surface area (Å²) in [5.74, 6) is 2.73. The van der Waals surface area contributed by atoms with E-state index in [9.17, 15) is 0 Å². The minimum Gasteiger partial charge on any atom is -0.494 e. The van der Waals surface area contributed by atoms with Gasteiger partial charge in [0.2, 0.25) is 11.7 Å². The molecule has 3 aromatic rings. The van der Waals surface area contributed by atoms with Gasteiger partial charge in [0.15, 0.2) is 0 Å². The van der Waals surface area contributed by atoms with Crippen LogP contribution < -0.4 is 4.74 Å². The molecule has 7 nitrogen and oxygen atoms in total. The van der Waals surface area contributed by atoms with E-state index in [0.717, 1.165) is 30.8 Å². The van der Waals surface area contributed by atoms with Gasteiger partial charge in [-0.05, 0) is 50.1 Å². The standard InChI is InChI=1S/C20H25N5O2/c1-3-26-17-6-4-16(5-7-17)20-22-19(27-23-20)13-24-10-8-15(2)18(12-24)25-11-9-21-14-25/h4-7,9,11,14-15,18H,3,8,10,12-13H2,1-2H3/t15-,18-/m0/s1. The molecule has 2 atom stereocenters. The summed E-state index contributed by atoms with van der Waals surface area (Å²) in [6.45, 7) is 7.59. The molecule has 0 spiro atoms. The van der Waals surface area contributed by atoms with Crippen molar-refractivity contribution < 1.29 is 9.26 Å². The lowest BCUT2D eigenvalue weighted by atomic mass is 9.93. The summed E-state index contributed by atoms with van der Waals surface area (Å²) in [5.41, 5.74) is 0.928. The van der Waals surface area contributed by atoms with Gasteiger partial charge < -0.3 is 13.8 Å². The van der Waals surface area contributed by atoms with Gasteiger partial charge in [0.05, 0.1) is 19.5 Å². The van der Waals surface area contributed by atoms with Crippen molar-refractivity contribution >= 4 is 0 Å². The summed E-state index contributed by atoms with van der Waals surface area (Å²) in [5, 5.41) is 4.14. The first-order chi connectivity index (χ1) is 13.2. The first kappa shape index (κ1) is 17.7. The summed E-state index contributed by atoms with van der Waals surface area (Å²) in [6, 6.07) is 8.19. The number of imidazole rings is 1. The Morgan fingerprint density at radius 2 is 2.11 bits per heavy atom. The van der Waals surface area contributed by atoms with Crippen LogP contribution in [0.5, 0.6) is 5.75 Å². The molecule has 1 aliphatic rings. The van der Waals surface area contributed by atoms with E-state index >= 15 is 0 Å². The molecule has 142 valence electrons. The van der Waals surface area contributed by atoms with Crippen LogP contribution in [0.2, 0.25) is 0 Å². The SMILES string of the molecule is CCOc1ccc(-c2noc(CN3CC[C@H](C)[C@@H](n4ccnc4)C3)n2)cc1. The molecule has 7 heteroatoms. The number of hydrogen-bond acceptors (Lipinski definition) is 6. The third kappa shape index (κ3) is 4.03. The Labute approximate surface area is 159 Å². The highest BCUT2D eigenvalue weighted by atomic mass is 16.5. The highest BCUT2D eigenvalue weighted by Crippen LogP contribution is 2.28. The smallest absolute Gasteiger partial charge is 0.241 e. The van der Waals surface area contributed by atoms with E-state index in [1.54, 1.807) is 0 Å². The molecule has 2 aromatic heterocycles. The molecule has 1 saturated heterocycles. The zero-order valence-corrected chi connectivity index (χ0v) is 15.8. The Hall–Kier alpha value is -2.67. The molecule has 0 amide bonds. The van der Waals surface area contributed by atoms with Crippen molar-refractivity contribution in [2.24, 2.45) is 5.92 Å². The molecule has 4 rings (SSSR count). The normalized spacial score (nSPS) is 20.7. The Morgan fingerprint density at radius 3 is 2.85 bits per heavy atom. The van der Waals surface area contributed by atoms with Crippen molar-refractivity contribution in [2.75, 3.05) is 19.7 Å². The molecule has 0 unspecified atom stereocenters. The lowest BCUT2D eigenvalue weighted by Crippen LogP contribution is -2.40. The van der Waals surface area contributed by atoms with Crippen LogP contribution in [0.3, 0.4) is 0 Å². The Kier molecular flexibility index (Phi) is 5.20. The predicted molar refractivity (Wildman–Crippen MR) is 101 cm³/mol. The number of hydrogen-bond donors (Lipinski definition) is 0. The summed E-state index contributed by atoms with van der Waals surface area (Å²) in [4.78, 5) is 11.1. The predicted octanol–water partition coefficient (Wildman–Crippen LogP) is 3.41. The van der Waals surface area contributed by atoms with E-state index in [-0.39, 0.29) is 0 Å². The number of ether oxygens (including phenoxy) is 1. The van der Waals surface area contributed by atoms with Crippen LogP contribution in [0, 0.1) is 5.92 Å². The number of benzene rings is 1. The molecule has 1 aromatic carbocycles. The minimum absolute atomic E-state index is 0.426. The molecule has 1 fully saturated rings. The van der Waals surface area contributed by atoms with Gasteiger partial charge >= 0.3 is 0 Å². The second-order valence-electron chi connectivity index (χ2n) is 7.05. The van der Waals surface area contributed by atoms with Gasteiger partial charge in [-0.1, -0.05) is 12.1 Å². The van der Waals surface area contributed by atoms with E-state index < -0.39 is 0 Å². The van der Waals surface area contributed by atoms with Crippen LogP contribution in [0.15, 0.2) is 47.5 Å². The first-order valence-corrected chi connectivity index (χ1v) is 9.48. The third-order valence-corrected chi connectivity index (χ3v) is 5.16. The average molecular weight is 367 g/mol. The molecule has 0 saturated carbocycles. The third-order valence-electron chi connectivity index (χ3n) is 5.16. The number of piperidine rings is 1. The van der Waals surface area contributed by atoms with Gasteiger partial charge in [-0.3, -0.25) is 4.90 Å². The summed E-state index contributed by atoms with van der Waals surface area (Å²) >= 11 is 0.